The fraction of sp³-hybridized carbons (Fsp3) is 0. The molecule has 0 radical (unpaired) electrons. The lowest BCUT2D eigenvalue weighted by Gasteiger charge is -1.92. The fourth-order valence-corrected chi connectivity index (χ4v) is 2.45. The molecule has 2 aromatic heterocycles. The maximum Gasteiger partial charge on any atom is 0.404 e. The van der Waals surface area contributed by atoms with E-state index in [2.05, 4.69) is 0 Å². The van der Waals surface area contributed by atoms with Crippen LogP contribution < -0.4 is 22.2 Å². The molecule has 3 rings (SSSR count). The Kier molecular flexibility index (Phi) is 2.96. The zero-order valence-electron chi connectivity index (χ0n) is 11.0. The van der Waals surface area contributed by atoms with Crippen molar-refractivity contribution in [3.63, 3.8) is 0 Å². The number of hydrogen-bond donors (Lipinski definition) is 1. The van der Waals surface area contributed by atoms with Crippen molar-refractivity contribution in [2.24, 2.45) is 0 Å². The number of hydrogen-bond acceptors (Lipinski definition) is 6. The van der Waals surface area contributed by atoms with Gasteiger partial charge in [0, 0.05) is 0 Å². The third kappa shape index (κ3) is 1.68. The third-order valence-electron chi connectivity index (χ3n) is 3.46. The van der Waals surface area contributed by atoms with Crippen molar-refractivity contribution >= 4 is 44.8 Å². The fourth-order valence-electron chi connectivity index (χ4n) is 2.45. The average Bonchev–Trinajstić information content (AvgIpc) is 2.85. The SMILES string of the molecule is BOBn1c(=O)c2cc3c(=O)n(BO)c(=O)c3cc2c1=O. The van der Waals surface area contributed by atoms with Gasteiger partial charge < -0.3 is 9.60 Å². The Bertz CT molecular complexity index is 996. The molecule has 2 heterocycles. The molecule has 0 amide bonds. The van der Waals surface area contributed by atoms with Crippen molar-refractivity contribution in [2.75, 3.05) is 0 Å². The summed E-state index contributed by atoms with van der Waals surface area (Å²) < 4.78 is 6.31. The molecular weight excluding hydrogens is 277 g/mol. The predicted molar refractivity (Wildman–Crippen MR) is 81.8 cm³/mol. The second-order valence-electron chi connectivity index (χ2n) is 4.58. The lowest BCUT2D eigenvalue weighted by atomic mass is 10.1. The number of nitrogens with zero attached hydrogens (tertiary/aromatic N) is 2. The van der Waals surface area contributed by atoms with Crippen molar-refractivity contribution in [2.45, 2.75) is 0 Å². The van der Waals surface area contributed by atoms with Crippen LogP contribution >= 0.6 is 0 Å². The topological polar surface area (TPSA) is 108 Å². The van der Waals surface area contributed by atoms with E-state index in [1.807, 2.05) is 0 Å². The first-order valence-electron chi connectivity index (χ1n) is 6.01. The van der Waals surface area contributed by atoms with E-state index in [0.29, 0.717) is 4.48 Å². The highest BCUT2D eigenvalue weighted by atomic mass is 16.4. The van der Waals surface area contributed by atoms with E-state index in [1.54, 1.807) is 0 Å². The molecule has 0 bridgehead atoms. The van der Waals surface area contributed by atoms with E-state index >= 15 is 0 Å². The minimum atomic E-state index is -0.755. The molecule has 1 aromatic carbocycles. The van der Waals surface area contributed by atoms with E-state index in [-0.39, 0.29) is 29.2 Å². The van der Waals surface area contributed by atoms with Crippen LogP contribution in [0, 0.1) is 0 Å². The standard InChI is InChI=1S/C10H7B3N2O6/c11-21-13-15-9(18)5-1-3-4(2-6(5)10(15)19)8(17)14(12-20)7(3)16/h1-2,12-13,20H,11H2. The Morgan fingerprint density at radius 3 is 1.57 bits per heavy atom. The molecule has 0 spiro atoms. The first-order chi connectivity index (χ1) is 10.0. The van der Waals surface area contributed by atoms with E-state index < -0.39 is 29.9 Å². The van der Waals surface area contributed by atoms with Gasteiger partial charge in [-0.25, -0.2) is 0 Å². The maximum atomic E-state index is 12.1. The van der Waals surface area contributed by atoms with Gasteiger partial charge in [0.2, 0.25) is 8.05 Å². The van der Waals surface area contributed by atoms with Crippen LogP contribution in [0.15, 0.2) is 31.3 Å². The summed E-state index contributed by atoms with van der Waals surface area (Å²) in [7, 11) is 0.381. The molecule has 0 unspecified atom stereocenters. The van der Waals surface area contributed by atoms with Crippen LogP contribution in [0.4, 0.5) is 0 Å². The molecular formula is C10H7B3N2O6. The van der Waals surface area contributed by atoms with Crippen molar-refractivity contribution in [3.8, 4) is 0 Å². The Hall–Kier alpha value is -2.39. The van der Waals surface area contributed by atoms with Gasteiger partial charge in [-0.1, -0.05) is 0 Å². The Balaban J connectivity index is 2.54. The summed E-state index contributed by atoms with van der Waals surface area (Å²) in [6.45, 7) is 0. The van der Waals surface area contributed by atoms with Crippen LogP contribution in [-0.2, 0) is 4.57 Å². The lowest BCUT2D eigenvalue weighted by molar-refractivity contribution is 0.585. The van der Waals surface area contributed by atoms with Gasteiger partial charge in [0.05, 0.1) is 21.5 Å². The summed E-state index contributed by atoms with van der Waals surface area (Å²) >= 11 is 0. The number of rotatable bonds is 3. The molecule has 21 heavy (non-hydrogen) atoms. The maximum absolute atomic E-state index is 12.1. The molecule has 0 aliphatic carbocycles. The highest BCUT2D eigenvalue weighted by molar-refractivity contribution is 6.33. The number of fused-ring (bicyclic) bond motifs is 2. The average molecular weight is 284 g/mol. The van der Waals surface area contributed by atoms with Crippen molar-refractivity contribution in [1.29, 1.82) is 0 Å². The number of aromatic nitrogens is 2. The van der Waals surface area contributed by atoms with Crippen LogP contribution in [-0.4, -0.2) is 37.3 Å². The van der Waals surface area contributed by atoms with Crippen LogP contribution in [0.5, 0.6) is 0 Å². The summed E-state index contributed by atoms with van der Waals surface area (Å²) in [4.78, 5) is 48.1. The normalized spacial score (nSPS) is 11.3. The van der Waals surface area contributed by atoms with Gasteiger partial charge >= 0.3 is 15.2 Å². The Morgan fingerprint density at radius 2 is 1.24 bits per heavy atom. The minimum Gasteiger partial charge on any atom is -0.488 e. The monoisotopic (exact) mass is 284 g/mol. The van der Waals surface area contributed by atoms with Crippen molar-refractivity contribution < 1.29 is 9.60 Å². The van der Waals surface area contributed by atoms with E-state index in [1.165, 1.54) is 20.2 Å². The van der Waals surface area contributed by atoms with Gasteiger partial charge in [-0.15, -0.1) is 0 Å². The molecule has 0 aliphatic heterocycles. The molecule has 0 saturated carbocycles. The molecule has 11 heteroatoms. The summed E-state index contributed by atoms with van der Waals surface area (Å²) in [5.41, 5.74) is -2.54. The molecule has 1 N–H and O–H groups in total. The molecule has 0 fully saturated rings. The summed E-state index contributed by atoms with van der Waals surface area (Å²) in [5.74, 6) is 0. The predicted octanol–water partition coefficient (Wildman–Crippen LogP) is -4.30. The molecule has 0 atom stereocenters. The summed E-state index contributed by atoms with van der Waals surface area (Å²) in [6, 6.07) is 2.44. The molecule has 3 aromatic rings. The van der Waals surface area contributed by atoms with Gasteiger partial charge in [0.25, 0.3) is 22.2 Å². The van der Waals surface area contributed by atoms with Gasteiger partial charge in [-0.3, -0.25) is 28.1 Å². The van der Waals surface area contributed by atoms with Crippen LogP contribution in [0.3, 0.4) is 0 Å². The molecule has 0 saturated heterocycles. The van der Waals surface area contributed by atoms with Crippen LogP contribution in [0.25, 0.3) is 21.5 Å². The van der Waals surface area contributed by atoms with E-state index in [0.717, 1.165) is 4.48 Å². The zero-order chi connectivity index (χ0) is 15.3. The smallest absolute Gasteiger partial charge is 0.404 e. The van der Waals surface area contributed by atoms with Gasteiger partial charge in [-0.2, -0.15) is 0 Å². The lowest BCUT2D eigenvalue weighted by Crippen LogP contribution is -2.31. The minimum absolute atomic E-state index is 0.00761. The van der Waals surface area contributed by atoms with Crippen molar-refractivity contribution in [1.82, 2.24) is 8.96 Å². The van der Waals surface area contributed by atoms with Crippen LogP contribution in [0.2, 0.25) is 0 Å². The second kappa shape index (κ2) is 4.57. The summed E-state index contributed by atoms with van der Waals surface area (Å²) in [5, 5.41) is 9.15. The van der Waals surface area contributed by atoms with Crippen LogP contribution in [0.1, 0.15) is 0 Å². The Morgan fingerprint density at radius 1 is 0.857 bits per heavy atom. The van der Waals surface area contributed by atoms with Gasteiger partial charge in [0.15, 0.2) is 0 Å². The quantitative estimate of drug-likeness (QED) is 0.487. The number of benzene rings is 1. The molecule has 0 aliphatic rings. The first kappa shape index (κ1) is 13.6. The highest BCUT2D eigenvalue weighted by Crippen LogP contribution is 2.13. The van der Waals surface area contributed by atoms with Gasteiger partial charge in [-0.05, 0) is 12.1 Å². The largest absolute Gasteiger partial charge is 0.488 e. The highest BCUT2D eigenvalue weighted by Gasteiger charge is 2.19. The Labute approximate surface area is 117 Å². The molecule has 102 valence electrons. The van der Waals surface area contributed by atoms with Crippen molar-refractivity contribution in [3.05, 3.63) is 53.5 Å². The van der Waals surface area contributed by atoms with Gasteiger partial charge in [0.1, 0.15) is 0 Å². The summed E-state index contributed by atoms with van der Waals surface area (Å²) in [6.07, 6.45) is 0. The molecule has 8 nitrogen and oxygen atoms in total. The van der Waals surface area contributed by atoms with E-state index in [4.69, 9.17) is 9.60 Å². The second-order valence-corrected chi connectivity index (χ2v) is 4.58. The zero-order valence-corrected chi connectivity index (χ0v) is 11.0. The third-order valence-corrected chi connectivity index (χ3v) is 3.46. The first-order valence-corrected chi connectivity index (χ1v) is 6.01. The van der Waals surface area contributed by atoms with E-state index in [9.17, 15) is 19.2 Å².